The van der Waals surface area contributed by atoms with Crippen LogP contribution < -0.4 is 5.32 Å². The van der Waals surface area contributed by atoms with E-state index in [1.807, 2.05) is 25.2 Å². The van der Waals surface area contributed by atoms with Crippen LogP contribution in [-0.2, 0) is 0 Å². The van der Waals surface area contributed by atoms with E-state index in [9.17, 15) is 4.39 Å². The van der Waals surface area contributed by atoms with Gasteiger partial charge >= 0.3 is 0 Å². The molecule has 2 atom stereocenters. The zero-order valence-electron chi connectivity index (χ0n) is 17.8. The molecular weight excluding hydrogens is 418 g/mol. The summed E-state index contributed by atoms with van der Waals surface area (Å²) in [5.41, 5.74) is 5.75. The molecule has 0 aliphatic carbocycles. The highest BCUT2D eigenvalue weighted by Gasteiger charge is 2.22. The summed E-state index contributed by atoms with van der Waals surface area (Å²) < 4.78 is 14.0. The maximum absolute atomic E-state index is 14.0. The minimum absolute atomic E-state index is 0.0918. The average Bonchev–Trinajstić information content (AvgIpc) is 2.74. The highest BCUT2D eigenvalue weighted by atomic mass is 35.5. The van der Waals surface area contributed by atoms with Crippen LogP contribution in [0, 0.1) is 12.7 Å². The Morgan fingerprint density at radius 1 is 1.10 bits per heavy atom. The number of hydrogen-bond acceptors (Lipinski definition) is 2. The van der Waals surface area contributed by atoms with Gasteiger partial charge in [0.25, 0.3) is 0 Å². The second kappa shape index (κ2) is 9.91. The second-order valence-electron chi connectivity index (χ2n) is 7.69. The number of nitrogens with one attached hydrogen (secondary N) is 1. The van der Waals surface area contributed by atoms with E-state index in [-0.39, 0.29) is 11.7 Å². The van der Waals surface area contributed by atoms with Crippen molar-refractivity contribution < 1.29 is 4.39 Å². The first-order valence-electron chi connectivity index (χ1n) is 10.2. The molecule has 2 unspecified atom stereocenters. The third-order valence-electron chi connectivity index (χ3n) is 5.70. The Morgan fingerprint density at radius 3 is 2.50 bits per heavy atom. The maximum atomic E-state index is 14.0. The van der Waals surface area contributed by atoms with Crippen molar-refractivity contribution in [1.82, 2.24) is 10.3 Å². The molecule has 0 aliphatic heterocycles. The molecule has 158 valence electrons. The zero-order valence-corrected chi connectivity index (χ0v) is 19.3. The number of hydrogen-bond donors (Lipinski definition) is 1. The van der Waals surface area contributed by atoms with Crippen molar-refractivity contribution in [2.24, 2.45) is 0 Å². The van der Waals surface area contributed by atoms with Gasteiger partial charge in [0.05, 0.1) is 21.4 Å². The summed E-state index contributed by atoms with van der Waals surface area (Å²) in [4.78, 5) is 5.04. The molecule has 0 fully saturated rings. The van der Waals surface area contributed by atoms with Crippen LogP contribution in [-0.4, -0.2) is 18.6 Å². The molecule has 5 heteroatoms. The summed E-state index contributed by atoms with van der Waals surface area (Å²) in [6.07, 6.45) is 1.00. The Balaban J connectivity index is 2.27. The predicted molar refractivity (Wildman–Crippen MR) is 125 cm³/mol. The highest BCUT2D eigenvalue weighted by molar-refractivity contribution is 6.43. The molecule has 3 rings (SSSR count). The number of benzene rings is 2. The summed E-state index contributed by atoms with van der Waals surface area (Å²) in [7, 11) is 1.89. The molecule has 2 aromatic carbocycles. The summed E-state index contributed by atoms with van der Waals surface area (Å²) in [6, 6.07) is 14.5. The van der Waals surface area contributed by atoms with E-state index in [0.717, 1.165) is 34.5 Å². The summed E-state index contributed by atoms with van der Waals surface area (Å²) in [5.74, 6) is 0.0120. The fourth-order valence-electron chi connectivity index (χ4n) is 3.83. The Hall–Kier alpha value is -1.94. The maximum Gasteiger partial charge on any atom is 0.123 e. The van der Waals surface area contributed by atoms with E-state index in [2.05, 4.69) is 32.2 Å². The van der Waals surface area contributed by atoms with Gasteiger partial charge in [-0.25, -0.2) is 4.39 Å². The normalized spacial score (nSPS) is 13.3. The Bertz CT molecular complexity index is 1040. The molecule has 0 saturated heterocycles. The van der Waals surface area contributed by atoms with E-state index in [4.69, 9.17) is 28.2 Å². The van der Waals surface area contributed by atoms with Crippen molar-refractivity contribution in [3.05, 3.63) is 86.8 Å². The van der Waals surface area contributed by atoms with Gasteiger partial charge in [-0.05, 0) is 67.3 Å². The number of rotatable bonds is 7. The van der Waals surface area contributed by atoms with Crippen LogP contribution >= 0.6 is 23.2 Å². The van der Waals surface area contributed by atoms with E-state index in [1.165, 1.54) is 11.6 Å². The van der Waals surface area contributed by atoms with Gasteiger partial charge in [0.1, 0.15) is 5.82 Å². The minimum atomic E-state index is -0.249. The molecule has 0 bridgehead atoms. The zero-order chi connectivity index (χ0) is 21.8. The van der Waals surface area contributed by atoms with Crippen LogP contribution in [0.15, 0.2) is 48.5 Å². The lowest BCUT2D eigenvalue weighted by molar-refractivity contribution is 0.618. The second-order valence-corrected chi connectivity index (χ2v) is 8.47. The SMILES string of the molecule is CCC(C)c1cc(C(CNC)c2cccc(F)c2)nc(-c2cccc(Cl)c2Cl)c1C. The molecule has 0 saturated carbocycles. The van der Waals surface area contributed by atoms with Gasteiger partial charge in [-0.3, -0.25) is 4.98 Å². The smallest absolute Gasteiger partial charge is 0.123 e. The third-order valence-corrected chi connectivity index (χ3v) is 6.52. The molecule has 1 N–H and O–H groups in total. The monoisotopic (exact) mass is 444 g/mol. The van der Waals surface area contributed by atoms with E-state index in [0.29, 0.717) is 22.5 Å². The lowest BCUT2D eigenvalue weighted by atomic mass is 9.87. The fourth-order valence-corrected chi connectivity index (χ4v) is 4.22. The van der Waals surface area contributed by atoms with Crippen molar-refractivity contribution in [3.8, 4) is 11.3 Å². The Labute approximate surface area is 188 Å². The lowest BCUT2D eigenvalue weighted by Crippen LogP contribution is -2.20. The third kappa shape index (κ3) is 4.69. The van der Waals surface area contributed by atoms with Gasteiger partial charge in [0, 0.05) is 18.0 Å². The van der Waals surface area contributed by atoms with Crippen LogP contribution in [0.4, 0.5) is 4.39 Å². The van der Waals surface area contributed by atoms with E-state index >= 15 is 0 Å². The quantitative estimate of drug-likeness (QED) is 0.411. The summed E-state index contributed by atoms with van der Waals surface area (Å²) in [6.45, 7) is 7.11. The van der Waals surface area contributed by atoms with Gasteiger partial charge in [0.15, 0.2) is 0 Å². The molecular formula is C25H27Cl2FN2. The average molecular weight is 445 g/mol. The van der Waals surface area contributed by atoms with Crippen LogP contribution in [0.3, 0.4) is 0 Å². The summed E-state index contributed by atoms with van der Waals surface area (Å²) in [5, 5.41) is 4.23. The van der Waals surface area contributed by atoms with Crippen molar-refractivity contribution in [3.63, 3.8) is 0 Å². The molecule has 2 nitrogen and oxygen atoms in total. The number of aromatic nitrogens is 1. The van der Waals surface area contributed by atoms with E-state index < -0.39 is 0 Å². The van der Waals surface area contributed by atoms with Crippen molar-refractivity contribution in [2.45, 2.75) is 39.0 Å². The largest absolute Gasteiger partial charge is 0.319 e. The van der Waals surface area contributed by atoms with Gasteiger partial charge in [0.2, 0.25) is 0 Å². The first-order chi connectivity index (χ1) is 14.4. The number of pyridine rings is 1. The predicted octanol–water partition coefficient (Wildman–Crippen LogP) is 7.37. The number of likely N-dealkylation sites (N-methyl/N-ethyl adjacent to an activating group) is 1. The molecule has 0 spiro atoms. The van der Waals surface area contributed by atoms with E-state index in [1.54, 1.807) is 18.2 Å². The van der Waals surface area contributed by atoms with Crippen molar-refractivity contribution in [1.29, 1.82) is 0 Å². The van der Waals surface area contributed by atoms with Gasteiger partial charge in [-0.1, -0.05) is 61.3 Å². The van der Waals surface area contributed by atoms with Crippen molar-refractivity contribution >= 4 is 23.2 Å². The van der Waals surface area contributed by atoms with Crippen LogP contribution in [0.25, 0.3) is 11.3 Å². The Kier molecular flexibility index (Phi) is 7.51. The van der Waals surface area contributed by atoms with Crippen LogP contribution in [0.5, 0.6) is 0 Å². The topological polar surface area (TPSA) is 24.9 Å². The Morgan fingerprint density at radius 2 is 1.83 bits per heavy atom. The van der Waals surface area contributed by atoms with Crippen LogP contribution in [0.1, 0.15) is 54.5 Å². The molecule has 1 aromatic heterocycles. The van der Waals surface area contributed by atoms with Gasteiger partial charge in [-0.15, -0.1) is 0 Å². The van der Waals surface area contributed by atoms with Gasteiger partial charge < -0.3 is 5.32 Å². The van der Waals surface area contributed by atoms with Crippen LogP contribution in [0.2, 0.25) is 10.0 Å². The van der Waals surface area contributed by atoms with Crippen molar-refractivity contribution in [2.75, 3.05) is 13.6 Å². The molecule has 3 aromatic rings. The molecule has 0 amide bonds. The van der Waals surface area contributed by atoms with Gasteiger partial charge in [-0.2, -0.15) is 0 Å². The lowest BCUT2D eigenvalue weighted by Gasteiger charge is -2.23. The fraction of sp³-hybridized carbons (Fsp3) is 0.320. The first kappa shape index (κ1) is 22.7. The number of halogens is 3. The molecule has 30 heavy (non-hydrogen) atoms. The molecule has 0 aliphatic rings. The first-order valence-corrected chi connectivity index (χ1v) is 11.0. The molecule has 1 heterocycles. The molecule has 0 radical (unpaired) electrons. The highest BCUT2D eigenvalue weighted by Crippen LogP contribution is 2.38. The number of nitrogens with zero attached hydrogens (tertiary/aromatic N) is 1. The standard InChI is InChI=1S/C25H27Cl2FN2/c1-5-15(2)20-13-23(21(14-29-4)17-8-6-9-18(28)12-17)30-25(16(20)3)19-10-7-11-22(26)24(19)27/h6-13,15,21,29H,5,14H2,1-4H3. The minimum Gasteiger partial charge on any atom is -0.319 e. The summed E-state index contributed by atoms with van der Waals surface area (Å²) >= 11 is 12.9.